The minimum absolute atomic E-state index is 0.112. The molecule has 1 saturated heterocycles. The number of aromatic nitrogens is 5. The molecule has 156 valence electrons. The fourth-order valence-electron chi connectivity index (χ4n) is 4.21. The molecule has 0 amide bonds. The van der Waals surface area contributed by atoms with Crippen LogP contribution in [0.3, 0.4) is 0 Å². The van der Waals surface area contributed by atoms with Crippen molar-refractivity contribution < 1.29 is 9.13 Å². The van der Waals surface area contributed by atoms with Crippen LogP contribution in [0.1, 0.15) is 24.1 Å². The van der Waals surface area contributed by atoms with Gasteiger partial charge >= 0.3 is 5.69 Å². The average Bonchev–Trinajstić information content (AvgIpc) is 3.43. The Morgan fingerprint density at radius 3 is 2.77 bits per heavy atom. The van der Waals surface area contributed by atoms with Gasteiger partial charge < -0.3 is 9.30 Å². The van der Waals surface area contributed by atoms with Gasteiger partial charge in [0.2, 0.25) is 5.78 Å². The summed E-state index contributed by atoms with van der Waals surface area (Å²) in [6.45, 7) is 3.21. The smallest absolute Gasteiger partial charge is 0.332 e. The maximum Gasteiger partial charge on any atom is 0.332 e. The van der Waals surface area contributed by atoms with Crippen molar-refractivity contribution in [3.05, 3.63) is 68.4 Å². The number of nitrogens with zero attached hydrogens (tertiary/aromatic N) is 5. The van der Waals surface area contributed by atoms with Crippen LogP contribution in [0.5, 0.6) is 0 Å². The van der Waals surface area contributed by atoms with Gasteiger partial charge in [0.25, 0.3) is 5.56 Å². The summed E-state index contributed by atoms with van der Waals surface area (Å²) in [5.41, 5.74) is 0.827. The van der Waals surface area contributed by atoms with E-state index in [0.717, 1.165) is 29.7 Å². The molecule has 0 N–H and O–H groups in total. The number of hydrogen-bond donors (Lipinski definition) is 0. The Balaban J connectivity index is 1.71. The molecule has 0 unspecified atom stereocenters. The third-order valence-electron chi connectivity index (χ3n) is 5.84. The van der Waals surface area contributed by atoms with Gasteiger partial charge in [-0.3, -0.25) is 18.3 Å². The molecule has 1 aliphatic rings. The molecule has 0 aliphatic carbocycles. The summed E-state index contributed by atoms with van der Waals surface area (Å²) in [7, 11) is 1.58. The first kappa shape index (κ1) is 18.8. The number of aryl methyl sites for hydroxylation is 2. The van der Waals surface area contributed by atoms with Crippen LogP contribution in [0.15, 0.2) is 40.1 Å². The number of ether oxygens (including phenoxy) is 1. The Morgan fingerprint density at radius 1 is 1.23 bits per heavy atom. The molecule has 3 aromatic heterocycles. The summed E-state index contributed by atoms with van der Waals surface area (Å²) >= 11 is 0. The standard InChI is InChI=1S/C21H22FN5O3/c1-13-10-26-17-18(23-20(26)25(13)12-15-7-5-9-30-15)24(2)21(29)27(19(17)28)11-14-6-3-4-8-16(14)22/h3-4,6,8,10,15H,5,7,9,11-12H2,1-2H3/t15-/m0/s1. The van der Waals surface area contributed by atoms with Crippen molar-refractivity contribution in [2.45, 2.75) is 39.0 Å². The predicted molar refractivity (Wildman–Crippen MR) is 109 cm³/mol. The van der Waals surface area contributed by atoms with Gasteiger partial charge in [0.1, 0.15) is 5.82 Å². The van der Waals surface area contributed by atoms with E-state index in [1.165, 1.54) is 10.6 Å². The Morgan fingerprint density at radius 2 is 2.03 bits per heavy atom. The molecule has 9 heteroatoms. The summed E-state index contributed by atoms with van der Waals surface area (Å²) in [4.78, 5) is 30.8. The first-order valence-corrected chi connectivity index (χ1v) is 9.98. The minimum atomic E-state index is -0.529. The highest BCUT2D eigenvalue weighted by Crippen LogP contribution is 2.20. The van der Waals surface area contributed by atoms with Crippen molar-refractivity contribution >= 4 is 16.9 Å². The first-order valence-electron chi connectivity index (χ1n) is 9.98. The highest BCUT2D eigenvalue weighted by Gasteiger charge is 2.23. The molecule has 0 bridgehead atoms. The molecular weight excluding hydrogens is 389 g/mol. The van der Waals surface area contributed by atoms with Crippen molar-refractivity contribution in [1.29, 1.82) is 0 Å². The zero-order valence-electron chi connectivity index (χ0n) is 16.8. The predicted octanol–water partition coefficient (Wildman–Crippen LogP) is 1.82. The van der Waals surface area contributed by atoms with Gasteiger partial charge in [-0.25, -0.2) is 9.18 Å². The van der Waals surface area contributed by atoms with Crippen LogP contribution in [-0.4, -0.2) is 35.8 Å². The number of fused-ring (bicyclic) bond motifs is 3. The monoisotopic (exact) mass is 411 g/mol. The van der Waals surface area contributed by atoms with Gasteiger partial charge in [0.05, 0.1) is 19.2 Å². The number of imidazole rings is 2. The molecule has 5 rings (SSSR count). The van der Waals surface area contributed by atoms with E-state index < -0.39 is 17.1 Å². The van der Waals surface area contributed by atoms with Crippen molar-refractivity contribution in [3.8, 4) is 0 Å². The zero-order chi connectivity index (χ0) is 21.0. The maximum absolute atomic E-state index is 14.1. The van der Waals surface area contributed by atoms with E-state index in [1.54, 1.807) is 29.6 Å². The Bertz CT molecular complexity index is 1390. The quantitative estimate of drug-likeness (QED) is 0.514. The van der Waals surface area contributed by atoms with Crippen LogP contribution < -0.4 is 11.2 Å². The van der Waals surface area contributed by atoms with Gasteiger partial charge in [-0.05, 0) is 25.8 Å². The molecule has 30 heavy (non-hydrogen) atoms. The molecule has 0 radical (unpaired) electrons. The Kier molecular flexibility index (Phi) is 4.35. The van der Waals surface area contributed by atoms with Crippen LogP contribution in [0.4, 0.5) is 4.39 Å². The molecule has 0 spiro atoms. The molecule has 1 aliphatic heterocycles. The summed E-state index contributed by atoms with van der Waals surface area (Å²) < 4.78 is 26.0. The molecule has 1 fully saturated rings. The van der Waals surface area contributed by atoms with E-state index in [0.29, 0.717) is 23.5 Å². The third kappa shape index (κ3) is 2.80. The van der Waals surface area contributed by atoms with E-state index in [-0.39, 0.29) is 18.2 Å². The van der Waals surface area contributed by atoms with Crippen molar-refractivity contribution in [2.24, 2.45) is 7.05 Å². The lowest BCUT2D eigenvalue weighted by Crippen LogP contribution is -2.39. The molecule has 4 aromatic rings. The van der Waals surface area contributed by atoms with Crippen LogP contribution >= 0.6 is 0 Å². The zero-order valence-corrected chi connectivity index (χ0v) is 16.8. The van der Waals surface area contributed by atoms with E-state index >= 15 is 0 Å². The third-order valence-corrected chi connectivity index (χ3v) is 5.84. The number of rotatable bonds is 4. The lowest BCUT2D eigenvalue weighted by atomic mass is 10.2. The number of hydrogen-bond acceptors (Lipinski definition) is 4. The van der Waals surface area contributed by atoms with Gasteiger partial charge in [-0.2, -0.15) is 4.98 Å². The van der Waals surface area contributed by atoms with Crippen molar-refractivity contribution in [3.63, 3.8) is 0 Å². The van der Waals surface area contributed by atoms with Crippen molar-refractivity contribution in [2.75, 3.05) is 6.61 Å². The summed E-state index contributed by atoms with van der Waals surface area (Å²) in [5, 5.41) is 0. The van der Waals surface area contributed by atoms with E-state index in [9.17, 15) is 14.0 Å². The normalized spacial score (nSPS) is 16.8. The van der Waals surface area contributed by atoms with Crippen LogP contribution in [0, 0.1) is 12.7 Å². The van der Waals surface area contributed by atoms with E-state index in [4.69, 9.17) is 4.74 Å². The summed E-state index contributed by atoms with van der Waals surface area (Å²) in [6.07, 6.45) is 3.98. The van der Waals surface area contributed by atoms with Gasteiger partial charge in [-0.15, -0.1) is 0 Å². The molecule has 1 atom stereocenters. The first-order chi connectivity index (χ1) is 14.5. The molecule has 8 nitrogen and oxygen atoms in total. The molecule has 4 heterocycles. The Labute approximate surface area is 170 Å². The van der Waals surface area contributed by atoms with Gasteiger partial charge in [0, 0.05) is 31.1 Å². The minimum Gasteiger partial charge on any atom is -0.376 e. The molecule has 1 aromatic carbocycles. The van der Waals surface area contributed by atoms with E-state index in [2.05, 4.69) is 4.98 Å². The lowest BCUT2D eigenvalue weighted by molar-refractivity contribution is 0.0974. The maximum atomic E-state index is 14.1. The fraction of sp³-hybridized carbons (Fsp3) is 0.381. The van der Waals surface area contributed by atoms with E-state index in [1.807, 2.05) is 17.7 Å². The topological polar surface area (TPSA) is 75.5 Å². The largest absolute Gasteiger partial charge is 0.376 e. The second-order valence-corrected chi connectivity index (χ2v) is 7.79. The second-order valence-electron chi connectivity index (χ2n) is 7.79. The molecule has 0 saturated carbocycles. The van der Waals surface area contributed by atoms with Gasteiger partial charge in [0.15, 0.2) is 11.2 Å². The lowest BCUT2D eigenvalue weighted by Gasteiger charge is -2.11. The van der Waals surface area contributed by atoms with Crippen molar-refractivity contribution in [1.82, 2.24) is 23.1 Å². The number of halogens is 1. The van der Waals surface area contributed by atoms with Crippen LogP contribution in [0.25, 0.3) is 16.9 Å². The Hall–Kier alpha value is -3.20. The second kappa shape index (κ2) is 6.94. The highest BCUT2D eigenvalue weighted by molar-refractivity contribution is 5.75. The summed E-state index contributed by atoms with van der Waals surface area (Å²) in [5.74, 6) is 0.136. The van der Waals surface area contributed by atoms with Crippen LogP contribution in [0.2, 0.25) is 0 Å². The summed E-state index contributed by atoms with van der Waals surface area (Å²) in [6, 6.07) is 6.13. The fourth-order valence-corrected chi connectivity index (χ4v) is 4.21. The van der Waals surface area contributed by atoms with Crippen LogP contribution in [-0.2, 0) is 24.9 Å². The average molecular weight is 411 g/mol. The van der Waals surface area contributed by atoms with Gasteiger partial charge in [-0.1, -0.05) is 18.2 Å². The number of benzene rings is 1. The SMILES string of the molecule is Cc1cn2c3c(=O)n(Cc4ccccc4F)c(=O)n(C)c3nc2n1C[C@@H]1CCCO1. The molecular formula is C21H22FN5O3. The highest BCUT2D eigenvalue weighted by atomic mass is 19.1.